The molecule has 0 bridgehead atoms. The quantitative estimate of drug-likeness (QED) is 0.809. The summed E-state index contributed by atoms with van der Waals surface area (Å²) in [4.78, 5) is 0. The van der Waals surface area contributed by atoms with Gasteiger partial charge in [0.15, 0.2) is 0 Å². The molecule has 86 valence electrons. The van der Waals surface area contributed by atoms with Crippen LogP contribution in [0.2, 0.25) is 5.02 Å². The minimum Gasteiger partial charge on any atom is -0.377 e. The van der Waals surface area contributed by atoms with Crippen LogP contribution in [0.15, 0.2) is 6.20 Å². The van der Waals surface area contributed by atoms with Gasteiger partial charge in [-0.3, -0.25) is 4.68 Å². The van der Waals surface area contributed by atoms with Crippen molar-refractivity contribution >= 4 is 11.6 Å². The zero-order chi connectivity index (χ0) is 11.3. The first-order valence-corrected chi connectivity index (χ1v) is 5.56. The van der Waals surface area contributed by atoms with Crippen molar-refractivity contribution in [3.05, 3.63) is 16.9 Å². The van der Waals surface area contributed by atoms with Gasteiger partial charge in [0.25, 0.3) is 0 Å². The molecule has 5 heteroatoms. The van der Waals surface area contributed by atoms with Crippen LogP contribution in [0.1, 0.15) is 19.0 Å². The van der Waals surface area contributed by atoms with Crippen molar-refractivity contribution in [3.8, 4) is 0 Å². The molecule has 0 amide bonds. The molecule has 0 saturated heterocycles. The van der Waals surface area contributed by atoms with E-state index in [4.69, 9.17) is 22.1 Å². The average molecular weight is 232 g/mol. The minimum absolute atomic E-state index is 0.110. The van der Waals surface area contributed by atoms with Crippen LogP contribution in [0, 0.1) is 6.92 Å². The molecule has 4 nitrogen and oxygen atoms in total. The Balaban J connectivity index is 2.41. The number of halogens is 1. The summed E-state index contributed by atoms with van der Waals surface area (Å²) < 4.78 is 7.28. The molecule has 1 aromatic heterocycles. The molecule has 0 radical (unpaired) electrons. The first kappa shape index (κ1) is 12.5. The van der Waals surface area contributed by atoms with Crippen LogP contribution < -0.4 is 5.73 Å². The van der Waals surface area contributed by atoms with Gasteiger partial charge in [-0.15, -0.1) is 0 Å². The lowest BCUT2D eigenvalue weighted by molar-refractivity contribution is 0.0592. The number of aromatic nitrogens is 2. The highest BCUT2D eigenvalue weighted by Gasteiger charge is 2.07. The second-order valence-corrected chi connectivity index (χ2v) is 3.83. The number of rotatable bonds is 6. The van der Waals surface area contributed by atoms with E-state index in [1.807, 2.05) is 24.7 Å². The molecule has 0 aliphatic carbocycles. The van der Waals surface area contributed by atoms with Crippen molar-refractivity contribution in [1.82, 2.24) is 9.78 Å². The van der Waals surface area contributed by atoms with Crippen molar-refractivity contribution < 1.29 is 4.74 Å². The summed E-state index contributed by atoms with van der Waals surface area (Å²) in [6.07, 6.45) is 2.80. The Bertz CT molecular complexity index is 281. The fourth-order valence-electron chi connectivity index (χ4n) is 1.39. The topological polar surface area (TPSA) is 53.1 Å². The van der Waals surface area contributed by atoms with Crippen LogP contribution >= 0.6 is 11.6 Å². The van der Waals surface area contributed by atoms with E-state index in [1.54, 1.807) is 0 Å². The Hall–Kier alpha value is -0.580. The lowest BCUT2D eigenvalue weighted by Gasteiger charge is -2.14. The molecule has 1 aromatic rings. The molecule has 1 heterocycles. The van der Waals surface area contributed by atoms with Gasteiger partial charge in [0.1, 0.15) is 0 Å². The highest BCUT2D eigenvalue weighted by Crippen LogP contribution is 2.12. The molecule has 0 fully saturated rings. The fourth-order valence-corrected chi connectivity index (χ4v) is 1.54. The van der Waals surface area contributed by atoms with Gasteiger partial charge < -0.3 is 10.5 Å². The molecular formula is C10H18ClN3O. The van der Waals surface area contributed by atoms with E-state index in [0.29, 0.717) is 18.2 Å². The zero-order valence-corrected chi connectivity index (χ0v) is 10.00. The van der Waals surface area contributed by atoms with E-state index in [0.717, 1.165) is 18.7 Å². The molecule has 0 aliphatic heterocycles. The van der Waals surface area contributed by atoms with Crippen molar-refractivity contribution in [1.29, 1.82) is 0 Å². The Labute approximate surface area is 95.3 Å². The van der Waals surface area contributed by atoms with E-state index < -0.39 is 0 Å². The first-order chi connectivity index (χ1) is 7.17. The molecule has 1 atom stereocenters. The maximum Gasteiger partial charge on any atom is 0.0814 e. The summed E-state index contributed by atoms with van der Waals surface area (Å²) in [6, 6.07) is 0. The van der Waals surface area contributed by atoms with Crippen LogP contribution in [0.25, 0.3) is 0 Å². The van der Waals surface area contributed by atoms with Gasteiger partial charge in [-0.05, 0) is 20.3 Å². The predicted molar refractivity (Wildman–Crippen MR) is 61.1 cm³/mol. The Kier molecular flexibility index (Phi) is 5.08. The standard InChI is InChI=1S/C10H18ClN3O/c1-3-15-9(6-12)4-5-14-7-10(11)8(2)13-14/h7,9H,3-6,12H2,1-2H3. The van der Waals surface area contributed by atoms with Gasteiger partial charge in [0.2, 0.25) is 0 Å². The summed E-state index contributed by atoms with van der Waals surface area (Å²) in [6.45, 7) is 5.89. The number of nitrogens with zero attached hydrogens (tertiary/aromatic N) is 2. The number of ether oxygens (including phenoxy) is 1. The highest BCUT2D eigenvalue weighted by atomic mass is 35.5. The smallest absolute Gasteiger partial charge is 0.0814 e. The zero-order valence-electron chi connectivity index (χ0n) is 9.24. The Morgan fingerprint density at radius 1 is 1.67 bits per heavy atom. The van der Waals surface area contributed by atoms with Gasteiger partial charge in [-0.25, -0.2) is 0 Å². The summed E-state index contributed by atoms with van der Waals surface area (Å²) in [5.41, 5.74) is 6.44. The molecule has 1 unspecified atom stereocenters. The van der Waals surface area contributed by atoms with Gasteiger partial charge in [0.05, 0.1) is 16.8 Å². The SMILES string of the molecule is CCOC(CN)CCn1cc(Cl)c(C)n1. The van der Waals surface area contributed by atoms with Crippen LogP contribution in [-0.4, -0.2) is 29.0 Å². The minimum atomic E-state index is 0.110. The summed E-state index contributed by atoms with van der Waals surface area (Å²) >= 11 is 5.90. The molecule has 0 saturated carbocycles. The molecule has 2 N–H and O–H groups in total. The van der Waals surface area contributed by atoms with Crippen molar-refractivity contribution in [3.63, 3.8) is 0 Å². The summed E-state index contributed by atoms with van der Waals surface area (Å²) in [5, 5.41) is 4.97. The molecule has 1 rings (SSSR count). The second-order valence-electron chi connectivity index (χ2n) is 3.43. The monoisotopic (exact) mass is 231 g/mol. The van der Waals surface area contributed by atoms with Gasteiger partial charge in [-0.1, -0.05) is 11.6 Å². The maximum absolute atomic E-state index is 5.90. The van der Waals surface area contributed by atoms with Crippen molar-refractivity contribution in [2.24, 2.45) is 5.73 Å². The first-order valence-electron chi connectivity index (χ1n) is 5.18. The summed E-state index contributed by atoms with van der Waals surface area (Å²) in [7, 11) is 0. The maximum atomic E-state index is 5.90. The van der Waals surface area contributed by atoms with Crippen LogP contribution in [0.4, 0.5) is 0 Å². The van der Waals surface area contributed by atoms with Crippen LogP contribution in [-0.2, 0) is 11.3 Å². The number of aryl methyl sites for hydroxylation is 2. The normalized spacial score (nSPS) is 13.1. The molecular weight excluding hydrogens is 214 g/mol. The summed E-state index contributed by atoms with van der Waals surface area (Å²) in [5.74, 6) is 0. The fraction of sp³-hybridized carbons (Fsp3) is 0.700. The van der Waals surface area contributed by atoms with E-state index in [-0.39, 0.29) is 6.10 Å². The third-order valence-electron chi connectivity index (χ3n) is 2.23. The number of nitrogens with two attached hydrogens (primary N) is 1. The highest BCUT2D eigenvalue weighted by molar-refractivity contribution is 6.31. The van der Waals surface area contributed by atoms with E-state index >= 15 is 0 Å². The van der Waals surface area contributed by atoms with Gasteiger partial charge in [0, 0.05) is 25.9 Å². The van der Waals surface area contributed by atoms with Crippen molar-refractivity contribution in [2.75, 3.05) is 13.2 Å². The van der Waals surface area contributed by atoms with Gasteiger partial charge in [-0.2, -0.15) is 5.10 Å². The Morgan fingerprint density at radius 3 is 2.87 bits per heavy atom. The third kappa shape index (κ3) is 3.81. The average Bonchev–Trinajstić information content (AvgIpc) is 2.53. The van der Waals surface area contributed by atoms with Crippen molar-refractivity contribution in [2.45, 2.75) is 32.9 Å². The molecule has 15 heavy (non-hydrogen) atoms. The van der Waals surface area contributed by atoms with E-state index in [9.17, 15) is 0 Å². The van der Waals surface area contributed by atoms with E-state index in [1.165, 1.54) is 0 Å². The van der Waals surface area contributed by atoms with Gasteiger partial charge >= 0.3 is 0 Å². The van der Waals surface area contributed by atoms with Crippen LogP contribution in [0.3, 0.4) is 0 Å². The molecule has 0 aliphatic rings. The molecule has 0 spiro atoms. The van der Waals surface area contributed by atoms with Crippen LogP contribution in [0.5, 0.6) is 0 Å². The largest absolute Gasteiger partial charge is 0.377 e. The Morgan fingerprint density at radius 2 is 2.40 bits per heavy atom. The number of hydrogen-bond acceptors (Lipinski definition) is 3. The lowest BCUT2D eigenvalue weighted by atomic mass is 10.2. The number of hydrogen-bond donors (Lipinski definition) is 1. The second kappa shape index (κ2) is 6.10. The third-order valence-corrected chi connectivity index (χ3v) is 2.60. The van der Waals surface area contributed by atoms with E-state index in [2.05, 4.69) is 5.10 Å². The molecule has 0 aromatic carbocycles. The predicted octanol–water partition coefficient (Wildman–Crippen LogP) is 1.60. The lowest BCUT2D eigenvalue weighted by Crippen LogP contribution is -2.25.